The van der Waals surface area contributed by atoms with Gasteiger partial charge in [0, 0.05) is 25.8 Å². The van der Waals surface area contributed by atoms with Crippen LogP contribution < -0.4 is 24.8 Å². The molecule has 1 aromatic rings. The Morgan fingerprint density at radius 3 is 2.42 bits per heavy atom. The largest absolute Gasteiger partial charge is 1.00 e. The molecule has 0 aliphatic heterocycles. The van der Waals surface area contributed by atoms with E-state index in [0.29, 0.717) is 0 Å². The van der Waals surface area contributed by atoms with E-state index in [2.05, 4.69) is 18.2 Å². The fourth-order valence-corrected chi connectivity index (χ4v) is 1.61. The van der Waals surface area contributed by atoms with Gasteiger partial charge in [0.2, 0.25) is 0 Å². The summed E-state index contributed by atoms with van der Waals surface area (Å²) >= 11 is 0. The number of aryl methyl sites for hydroxylation is 2. The molecule has 0 fully saturated rings. The van der Waals surface area contributed by atoms with E-state index in [0.717, 1.165) is 0 Å². The smallest absolute Gasteiger partial charge is 0 e. The van der Waals surface area contributed by atoms with E-state index in [4.69, 9.17) is 0 Å². The van der Waals surface area contributed by atoms with Crippen LogP contribution in [-0.4, -0.2) is 0 Å². The van der Waals surface area contributed by atoms with Crippen molar-refractivity contribution in [3.63, 3.8) is 0 Å². The van der Waals surface area contributed by atoms with Crippen molar-refractivity contribution in [2.45, 2.75) is 25.7 Å². The van der Waals surface area contributed by atoms with Crippen LogP contribution in [0.15, 0.2) is 18.2 Å². The Labute approximate surface area is 105 Å². The second-order valence-electron chi connectivity index (χ2n) is 2.78. The van der Waals surface area contributed by atoms with E-state index in [1.807, 2.05) is 0 Å². The van der Waals surface area contributed by atoms with Crippen LogP contribution in [-0.2, 0) is 38.7 Å². The van der Waals surface area contributed by atoms with Gasteiger partial charge in [0.15, 0.2) is 0 Å². The normalized spacial score (nSPS) is 13.0. The SMILES string of the molecule is [Cl-].[Cl-].[Hf].c1cc2c([cH-]1)CCCC2. The molecule has 0 N–H and O–H groups in total. The zero-order chi connectivity index (χ0) is 6.10. The Kier molecular flexibility index (Phi) is 9.20. The van der Waals surface area contributed by atoms with Gasteiger partial charge in [-0.2, -0.15) is 23.3 Å². The fourth-order valence-electron chi connectivity index (χ4n) is 1.61. The number of fused-ring (bicyclic) bond motifs is 1. The molecule has 0 spiro atoms. The summed E-state index contributed by atoms with van der Waals surface area (Å²) in [5, 5.41) is 0. The molecule has 0 unspecified atom stereocenters. The summed E-state index contributed by atoms with van der Waals surface area (Å²) in [6.45, 7) is 0. The zero-order valence-corrected chi connectivity index (χ0v) is 11.9. The Morgan fingerprint density at radius 1 is 1.08 bits per heavy atom. The summed E-state index contributed by atoms with van der Waals surface area (Å²) in [6.07, 6.45) is 5.44. The molecule has 0 amide bonds. The molecule has 2 rings (SSSR count). The second-order valence-corrected chi connectivity index (χ2v) is 2.78. The third kappa shape index (κ3) is 3.27. The molecule has 0 radical (unpaired) electrons. The van der Waals surface area contributed by atoms with Crippen LogP contribution in [0.5, 0.6) is 0 Å². The quantitative estimate of drug-likeness (QED) is 0.327. The van der Waals surface area contributed by atoms with Gasteiger partial charge in [-0.25, -0.2) is 6.07 Å². The zero-order valence-electron chi connectivity index (χ0n) is 6.82. The number of rotatable bonds is 0. The molecule has 68 valence electrons. The van der Waals surface area contributed by atoms with Gasteiger partial charge in [0.05, 0.1) is 0 Å². The minimum absolute atomic E-state index is 0. The van der Waals surface area contributed by atoms with E-state index in [-0.39, 0.29) is 50.7 Å². The van der Waals surface area contributed by atoms with Gasteiger partial charge >= 0.3 is 0 Å². The predicted octanol–water partition coefficient (Wildman–Crippen LogP) is -3.71. The number of halogens is 2. The van der Waals surface area contributed by atoms with E-state index in [1.165, 1.54) is 25.7 Å². The summed E-state index contributed by atoms with van der Waals surface area (Å²) in [5.41, 5.74) is 3.20. The monoisotopic (exact) mass is 369 g/mol. The van der Waals surface area contributed by atoms with Crippen LogP contribution in [0.3, 0.4) is 0 Å². The molecule has 0 bridgehead atoms. The maximum Gasteiger partial charge on any atom is 0 e. The minimum atomic E-state index is 0. The van der Waals surface area contributed by atoms with E-state index in [9.17, 15) is 0 Å². The fraction of sp³-hybridized carbons (Fsp3) is 0.444. The van der Waals surface area contributed by atoms with Crippen molar-refractivity contribution in [1.29, 1.82) is 0 Å². The van der Waals surface area contributed by atoms with Gasteiger partial charge in [0.1, 0.15) is 0 Å². The van der Waals surface area contributed by atoms with Crippen molar-refractivity contribution in [2.75, 3.05) is 0 Å². The molecule has 12 heavy (non-hydrogen) atoms. The predicted molar refractivity (Wildman–Crippen MR) is 38.7 cm³/mol. The second kappa shape index (κ2) is 7.23. The first kappa shape index (κ1) is 15.3. The van der Waals surface area contributed by atoms with Crippen molar-refractivity contribution in [3.8, 4) is 0 Å². The van der Waals surface area contributed by atoms with Crippen LogP contribution in [0.2, 0.25) is 0 Å². The van der Waals surface area contributed by atoms with Crippen LogP contribution in [0, 0.1) is 0 Å². The summed E-state index contributed by atoms with van der Waals surface area (Å²) in [4.78, 5) is 0. The Morgan fingerprint density at radius 2 is 1.75 bits per heavy atom. The summed E-state index contributed by atoms with van der Waals surface area (Å²) in [7, 11) is 0. The van der Waals surface area contributed by atoms with Crippen molar-refractivity contribution in [3.05, 3.63) is 29.3 Å². The van der Waals surface area contributed by atoms with Crippen molar-refractivity contribution >= 4 is 0 Å². The van der Waals surface area contributed by atoms with Crippen LogP contribution in [0.1, 0.15) is 24.0 Å². The molecule has 0 saturated heterocycles. The standard InChI is InChI=1S/C9H11.2ClH.Hf/c1-2-5-9-7-3-6-8(9)4-1;;;/h3,6-7H,1-2,4-5H2;2*1H;/q-1;;;/p-2. The van der Waals surface area contributed by atoms with Crippen LogP contribution in [0.4, 0.5) is 0 Å². The van der Waals surface area contributed by atoms with Gasteiger partial charge in [-0.1, -0.05) is 25.7 Å². The summed E-state index contributed by atoms with van der Waals surface area (Å²) in [5.74, 6) is 0. The third-order valence-corrected chi connectivity index (χ3v) is 2.15. The summed E-state index contributed by atoms with van der Waals surface area (Å²) < 4.78 is 0. The Balaban J connectivity index is 0. The average Bonchev–Trinajstić information content (AvgIpc) is 2.33. The van der Waals surface area contributed by atoms with Gasteiger partial charge in [-0.05, 0) is 0 Å². The van der Waals surface area contributed by atoms with Crippen LogP contribution >= 0.6 is 0 Å². The van der Waals surface area contributed by atoms with Crippen LogP contribution in [0.25, 0.3) is 0 Å². The Bertz CT molecular complexity index is 188. The maximum absolute atomic E-state index is 2.26. The molecule has 0 saturated carbocycles. The van der Waals surface area contributed by atoms with Gasteiger partial charge in [0.25, 0.3) is 0 Å². The topological polar surface area (TPSA) is 0 Å². The third-order valence-electron chi connectivity index (χ3n) is 2.15. The molecular weight excluding hydrogens is 357 g/mol. The Hall–Kier alpha value is 0.800. The average molecular weight is 369 g/mol. The first-order valence-electron chi connectivity index (χ1n) is 3.70. The van der Waals surface area contributed by atoms with E-state index >= 15 is 0 Å². The van der Waals surface area contributed by atoms with E-state index < -0.39 is 0 Å². The maximum atomic E-state index is 2.26. The van der Waals surface area contributed by atoms with Crippen molar-refractivity contribution < 1.29 is 50.7 Å². The molecule has 0 aromatic heterocycles. The van der Waals surface area contributed by atoms with Gasteiger partial charge < -0.3 is 24.8 Å². The van der Waals surface area contributed by atoms with Gasteiger partial charge in [-0.15, -0.1) is 0 Å². The van der Waals surface area contributed by atoms with Crippen molar-refractivity contribution in [2.24, 2.45) is 0 Å². The molecule has 1 aliphatic carbocycles. The van der Waals surface area contributed by atoms with E-state index in [1.54, 1.807) is 11.1 Å². The number of hydrogen-bond donors (Lipinski definition) is 0. The summed E-state index contributed by atoms with van der Waals surface area (Å²) in [6, 6.07) is 6.69. The first-order chi connectivity index (χ1) is 4.47. The minimum Gasteiger partial charge on any atom is -1.00 e. The molecular formula is C9H11Cl2Hf-3. The molecule has 0 atom stereocenters. The molecule has 0 heterocycles. The van der Waals surface area contributed by atoms with Gasteiger partial charge in [-0.3, -0.25) is 0 Å². The van der Waals surface area contributed by atoms with Crippen molar-refractivity contribution in [1.82, 2.24) is 0 Å². The first-order valence-corrected chi connectivity index (χ1v) is 3.70. The molecule has 3 heteroatoms. The number of hydrogen-bond acceptors (Lipinski definition) is 0. The molecule has 1 aliphatic rings. The molecule has 0 nitrogen and oxygen atoms in total. The molecule has 1 aromatic carbocycles.